The molecule has 0 unspecified atom stereocenters. The molecule has 1 aromatic carbocycles. The van der Waals surface area contributed by atoms with Crippen molar-refractivity contribution in [3.05, 3.63) is 29.8 Å². The minimum atomic E-state index is -3.26. The molecule has 0 radical (unpaired) electrons. The highest BCUT2D eigenvalue weighted by molar-refractivity contribution is 7.92. The van der Waals surface area contributed by atoms with E-state index in [1.54, 1.807) is 12.1 Å². The van der Waals surface area contributed by atoms with E-state index >= 15 is 0 Å². The normalized spacial score (nSPS) is 17.1. The second-order valence-electron chi connectivity index (χ2n) is 5.56. The second kappa shape index (κ2) is 7.09. The predicted molar refractivity (Wildman–Crippen MR) is 81.2 cm³/mol. The van der Waals surface area contributed by atoms with Crippen molar-refractivity contribution in [2.24, 2.45) is 5.92 Å². The van der Waals surface area contributed by atoms with Gasteiger partial charge in [-0.15, -0.1) is 0 Å². The van der Waals surface area contributed by atoms with Gasteiger partial charge in [0.15, 0.2) is 0 Å². The maximum Gasteiger partial charge on any atom is 0.232 e. The average Bonchev–Trinajstić information content (AvgIpc) is 2.41. The Balaban J connectivity index is 1.93. The molecule has 0 aliphatic heterocycles. The van der Waals surface area contributed by atoms with Crippen molar-refractivity contribution >= 4 is 15.7 Å². The minimum absolute atomic E-state index is 0.104. The molecule has 2 N–H and O–H groups in total. The number of benzene rings is 1. The Labute approximate surface area is 121 Å². The summed E-state index contributed by atoms with van der Waals surface area (Å²) in [7, 11) is -3.26. The van der Waals surface area contributed by atoms with Gasteiger partial charge < -0.3 is 5.11 Å². The summed E-state index contributed by atoms with van der Waals surface area (Å²) in [5, 5.41) is 8.85. The SMILES string of the molecule is O=S(=O)(CC1CCCCC1)Nc1ccc(CCO)cc1. The average molecular weight is 297 g/mol. The molecule has 2 rings (SSSR count). The van der Waals surface area contributed by atoms with Crippen LogP contribution in [-0.2, 0) is 16.4 Å². The Morgan fingerprint density at radius 3 is 2.35 bits per heavy atom. The highest BCUT2D eigenvalue weighted by atomic mass is 32.2. The Morgan fingerprint density at radius 1 is 1.10 bits per heavy atom. The van der Waals surface area contributed by atoms with Gasteiger partial charge in [-0.2, -0.15) is 0 Å². The Bertz CT molecular complexity index is 504. The van der Waals surface area contributed by atoms with Crippen LogP contribution < -0.4 is 4.72 Å². The molecule has 1 aliphatic carbocycles. The van der Waals surface area contributed by atoms with E-state index in [1.165, 1.54) is 6.42 Å². The van der Waals surface area contributed by atoms with Crippen molar-refractivity contribution in [2.45, 2.75) is 38.5 Å². The van der Waals surface area contributed by atoms with Crippen LogP contribution in [0.1, 0.15) is 37.7 Å². The van der Waals surface area contributed by atoms with Crippen LogP contribution in [0.2, 0.25) is 0 Å². The minimum Gasteiger partial charge on any atom is -0.396 e. The van der Waals surface area contributed by atoms with E-state index < -0.39 is 10.0 Å². The first-order chi connectivity index (χ1) is 9.59. The summed E-state index contributed by atoms with van der Waals surface area (Å²) >= 11 is 0. The van der Waals surface area contributed by atoms with Gasteiger partial charge in [0.1, 0.15) is 0 Å². The van der Waals surface area contributed by atoms with Crippen molar-refractivity contribution < 1.29 is 13.5 Å². The summed E-state index contributed by atoms with van der Waals surface area (Å²) in [5.41, 5.74) is 1.60. The van der Waals surface area contributed by atoms with E-state index in [0.29, 0.717) is 18.0 Å². The first-order valence-corrected chi connectivity index (χ1v) is 8.94. The van der Waals surface area contributed by atoms with Crippen molar-refractivity contribution in [1.82, 2.24) is 0 Å². The predicted octanol–water partition coefficient (Wildman–Crippen LogP) is 2.54. The summed E-state index contributed by atoms with van der Waals surface area (Å²) in [6.07, 6.45) is 6.17. The van der Waals surface area contributed by atoms with E-state index in [1.807, 2.05) is 12.1 Å². The molecule has 0 amide bonds. The maximum absolute atomic E-state index is 12.1. The molecule has 0 saturated heterocycles. The van der Waals surface area contributed by atoms with E-state index in [4.69, 9.17) is 5.11 Å². The lowest BCUT2D eigenvalue weighted by Crippen LogP contribution is -2.24. The van der Waals surface area contributed by atoms with Gasteiger partial charge in [0.2, 0.25) is 10.0 Å². The topological polar surface area (TPSA) is 66.4 Å². The number of hydrogen-bond acceptors (Lipinski definition) is 3. The lowest BCUT2D eigenvalue weighted by molar-refractivity contribution is 0.299. The van der Waals surface area contributed by atoms with Gasteiger partial charge in [0, 0.05) is 12.3 Å². The molecule has 0 atom stereocenters. The third kappa shape index (κ3) is 4.80. The van der Waals surface area contributed by atoms with E-state index in [0.717, 1.165) is 31.2 Å². The fourth-order valence-corrected chi connectivity index (χ4v) is 4.29. The summed E-state index contributed by atoms with van der Waals surface area (Å²) in [6.45, 7) is 0.104. The van der Waals surface area contributed by atoms with Gasteiger partial charge in [-0.1, -0.05) is 31.4 Å². The van der Waals surface area contributed by atoms with Crippen LogP contribution in [0.25, 0.3) is 0 Å². The fraction of sp³-hybridized carbons (Fsp3) is 0.600. The smallest absolute Gasteiger partial charge is 0.232 e. The molecule has 0 aromatic heterocycles. The first kappa shape index (κ1) is 15.3. The first-order valence-electron chi connectivity index (χ1n) is 7.29. The van der Waals surface area contributed by atoms with Crippen molar-refractivity contribution in [3.63, 3.8) is 0 Å². The maximum atomic E-state index is 12.1. The number of nitrogens with one attached hydrogen (secondary N) is 1. The van der Waals surface area contributed by atoms with E-state index in [-0.39, 0.29) is 12.4 Å². The van der Waals surface area contributed by atoms with E-state index in [2.05, 4.69) is 4.72 Å². The van der Waals surface area contributed by atoms with Crippen LogP contribution in [0, 0.1) is 5.92 Å². The highest BCUT2D eigenvalue weighted by Crippen LogP contribution is 2.25. The molecular formula is C15H23NO3S. The molecule has 1 saturated carbocycles. The zero-order valence-electron chi connectivity index (χ0n) is 11.7. The second-order valence-corrected chi connectivity index (χ2v) is 7.32. The number of sulfonamides is 1. The molecule has 112 valence electrons. The van der Waals surface area contributed by atoms with Crippen LogP contribution in [-0.4, -0.2) is 25.9 Å². The lowest BCUT2D eigenvalue weighted by Gasteiger charge is -2.21. The fourth-order valence-electron chi connectivity index (χ4n) is 2.75. The van der Waals surface area contributed by atoms with E-state index in [9.17, 15) is 8.42 Å². The molecule has 0 spiro atoms. The number of hydrogen-bond donors (Lipinski definition) is 2. The lowest BCUT2D eigenvalue weighted by atomic mass is 9.91. The monoisotopic (exact) mass is 297 g/mol. The van der Waals surface area contributed by atoms with Crippen LogP contribution >= 0.6 is 0 Å². The third-order valence-corrected chi connectivity index (χ3v) is 5.26. The van der Waals surface area contributed by atoms with Crippen LogP contribution in [0.3, 0.4) is 0 Å². The summed E-state index contributed by atoms with van der Waals surface area (Å²) in [4.78, 5) is 0. The molecule has 5 heteroatoms. The Morgan fingerprint density at radius 2 is 1.75 bits per heavy atom. The summed E-state index contributed by atoms with van der Waals surface area (Å²) in [6, 6.07) is 7.19. The van der Waals surface area contributed by atoms with Gasteiger partial charge in [-0.05, 0) is 42.9 Å². The van der Waals surface area contributed by atoms with Crippen LogP contribution in [0.15, 0.2) is 24.3 Å². The van der Waals surface area contributed by atoms with Gasteiger partial charge in [0.25, 0.3) is 0 Å². The molecule has 0 heterocycles. The van der Waals surface area contributed by atoms with Gasteiger partial charge >= 0.3 is 0 Å². The molecule has 4 nitrogen and oxygen atoms in total. The number of aliphatic hydroxyl groups excluding tert-OH is 1. The molecule has 0 bridgehead atoms. The quantitative estimate of drug-likeness (QED) is 0.848. The largest absolute Gasteiger partial charge is 0.396 e. The van der Waals surface area contributed by atoms with Crippen LogP contribution in [0.5, 0.6) is 0 Å². The zero-order valence-corrected chi connectivity index (χ0v) is 12.5. The van der Waals surface area contributed by atoms with Crippen LogP contribution in [0.4, 0.5) is 5.69 Å². The standard InChI is InChI=1S/C15H23NO3S/c17-11-10-13-6-8-15(9-7-13)16-20(18,19)12-14-4-2-1-3-5-14/h6-9,14,16-17H,1-5,10-12H2. The molecule has 20 heavy (non-hydrogen) atoms. The highest BCUT2D eigenvalue weighted by Gasteiger charge is 2.21. The van der Waals surface area contributed by atoms with Crippen molar-refractivity contribution in [2.75, 3.05) is 17.1 Å². The van der Waals surface area contributed by atoms with Crippen molar-refractivity contribution in [3.8, 4) is 0 Å². The number of anilines is 1. The van der Waals surface area contributed by atoms with Gasteiger partial charge in [-0.3, -0.25) is 4.72 Å². The molecule has 1 fully saturated rings. The number of rotatable bonds is 6. The van der Waals surface area contributed by atoms with Gasteiger partial charge in [-0.25, -0.2) is 8.42 Å². The summed E-state index contributed by atoms with van der Waals surface area (Å²) < 4.78 is 26.9. The summed E-state index contributed by atoms with van der Waals surface area (Å²) in [5.74, 6) is 0.528. The van der Waals surface area contributed by atoms with Crippen molar-refractivity contribution in [1.29, 1.82) is 0 Å². The molecule has 1 aliphatic rings. The Kier molecular flexibility index (Phi) is 5.43. The molecular weight excluding hydrogens is 274 g/mol. The third-order valence-electron chi connectivity index (χ3n) is 3.81. The Hall–Kier alpha value is -1.07. The molecule has 1 aromatic rings. The van der Waals surface area contributed by atoms with Gasteiger partial charge in [0.05, 0.1) is 5.75 Å². The zero-order chi connectivity index (χ0) is 14.4. The number of aliphatic hydroxyl groups is 1.